The fourth-order valence-electron chi connectivity index (χ4n) is 2.84. The van der Waals surface area contributed by atoms with Crippen molar-refractivity contribution in [1.29, 1.82) is 0 Å². The number of likely N-dealkylation sites (tertiary alicyclic amines) is 1. The molecular formula is C15H18N4O2. The van der Waals surface area contributed by atoms with Crippen molar-refractivity contribution >= 4 is 5.91 Å². The Bertz CT molecular complexity index is 690. The number of piperidine rings is 1. The van der Waals surface area contributed by atoms with Crippen LogP contribution in [0.2, 0.25) is 0 Å². The number of nitrogens with zero attached hydrogens (tertiary/aromatic N) is 3. The number of aromatic amines is 1. The Morgan fingerprint density at radius 1 is 1.33 bits per heavy atom. The lowest BCUT2D eigenvalue weighted by Crippen LogP contribution is -2.39. The lowest BCUT2D eigenvalue weighted by Gasteiger charge is -2.35. The number of rotatable bonds is 2. The van der Waals surface area contributed by atoms with Gasteiger partial charge < -0.3 is 9.47 Å². The number of aromatic nitrogens is 3. The molecule has 0 bridgehead atoms. The summed E-state index contributed by atoms with van der Waals surface area (Å²) in [6.45, 7) is 0.728. The van der Waals surface area contributed by atoms with E-state index >= 15 is 0 Å². The number of H-pyrrole nitrogens is 1. The first-order valence-corrected chi connectivity index (χ1v) is 7.14. The maximum Gasteiger partial charge on any atom is 0.255 e. The highest BCUT2D eigenvalue weighted by Gasteiger charge is 2.29. The topological polar surface area (TPSA) is 71.0 Å². The first kappa shape index (κ1) is 13.6. The molecule has 1 aliphatic rings. The third-order valence-electron chi connectivity index (χ3n) is 3.98. The van der Waals surface area contributed by atoms with E-state index in [2.05, 4.69) is 10.2 Å². The average Bonchev–Trinajstić information content (AvgIpc) is 3.03. The summed E-state index contributed by atoms with van der Waals surface area (Å²) in [4.78, 5) is 26.1. The molecule has 0 radical (unpaired) electrons. The number of nitrogens with one attached hydrogen (secondary N) is 1. The summed E-state index contributed by atoms with van der Waals surface area (Å²) in [7, 11) is 1.65. The predicted molar refractivity (Wildman–Crippen MR) is 77.9 cm³/mol. The normalized spacial score (nSPS) is 18.7. The van der Waals surface area contributed by atoms with Gasteiger partial charge in [-0.1, -0.05) is 0 Å². The Kier molecular flexibility index (Phi) is 3.60. The fourth-order valence-corrected chi connectivity index (χ4v) is 2.84. The molecule has 1 aliphatic heterocycles. The van der Waals surface area contributed by atoms with E-state index in [-0.39, 0.29) is 17.5 Å². The van der Waals surface area contributed by atoms with Crippen LogP contribution in [0.5, 0.6) is 0 Å². The summed E-state index contributed by atoms with van der Waals surface area (Å²) in [5.74, 6) is -0.0371. The van der Waals surface area contributed by atoms with Gasteiger partial charge in [0.2, 0.25) is 5.56 Å². The van der Waals surface area contributed by atoms with Crippen molar-refractivity contribution < 1.29 is 4.79 Å². The molecule has 1 N–H and O–H groups in total. The number of amides is 1. The molecule has 1 amide bonds. The maximum absolute atomic E-state index is 12.7. The van der Waals surface area contributed by atoms with Gasteiger partial charge in [0.1, 0.15) is 0 Å². The smallest absolute Gasteiger partial charge is 0.255 e. The summed E-state index contributed by atoms with van der Waals surface area (Å²) in [5, 5.41) is 6.95. The minimum absolute atomic E-state index is 0.0333. The molecule has 2 aromatic heterocycles. The second-order valence-corrected chi connectivity index (χ2v) is 5.39. The molecule has 2 aromatic rings. The van der Waals surface area contributed by atoms with Crippen molar-refractivity contribution in [1.82, 2.24) is 19.7 Å². The van der Waals surface area contributed by atoms with Crippen LogP contribution in [-0.2, 0) is 7.05 Å². The molecular weight excluding hydrogens is 268 g/mol. The first-order chi connectivity index (χ1) is 10.2. The van der Waals surface area contributed by atoms with Crippen molar-refractivity contribution in [3.63, 3.8) is 0 Å². The number of hydrogen-bond acceptors (Lipinski definition) is 3. The lowest BCUT2D eigenvalue weighted by atomic mass is 9.98. The largest absolute Gasteiger partial charge is 0.330 e. The summed E-state index contributed by atoms with van der Waals surface area (Å²) in [6.07, 6.45) is 6.34. The van der Waals surface area contributed by atoms with E-state index in [4.69, 9.17) is 0 Å². The van der Waals surface area contributed by atoms with Crippen molar-refractivity contribution in [2.45, 2.75) is 25.3 Å². The molecule has 110 valence electrons. The van der Waals surface area contributed by atoms with Crippen LogP contribution < -0.4 is 5.56 Å². The van der Waals surface area contributed by atoms with E-state index in [9.17, 15) is 9.59 Å². The minimum Gasteiger partial charge on any atom is -0.330 e. The van der Waals surface area contributed by atoms with E-state index in [1.807, 2.05) is 11.0 Å². The van der Waals surface area contributed by atoms with Gasteiger partial charge >= 0.3 is 0 Å². The SMILES string of the molecule is Cn1cc(C(=O)N2CCCC[C@H]2c2ccn[nH]2)ccc1=O. The Labute approximate surface area is 122 Å². The van der Waals surface area contributed by atoms with Crippen molar-refractivity contribution in [2.24, 2.45) is 7.05 Å². The van der Waals surface area contributed by atoms with Crippen LogP contribution in [-0.4, -0.2) is 32.1 Å². The number of carbonyl (C=O) groups excluding carboxylic acids is 1. The second kappa shape index (κ2) is 5.55. The van der Waals surface area contributed by atoms with Gasteiger partial charge in [0.25, 0.3) is 5.91 Å². The predicted octanol–water partition coefficient (Wildman–Crippen LogP) is 1.48. The van der Waals surface area contributed by atoms with E-state index < -0.39 is 0 Å². The number of hydrogen-bond donors (Lipinski definition) is 1. The molecule has 1 saturated heterocycles. The number of pyridine rings is 1. The van der Waals surface area contributed by atoms with Gasteiger partial charge in [0, 0.05) is 32.1 Å². The average molecular weight is 286 g/mol. The highest BCUT2D eigenvalue weighted by atomic mass is 16.2. The molecule has 0 aromatic carbocycles. The zero-order valence-electron chi connectivity index (χ0n) is 12.0. The highest BCUT2D eigenvalue weighted by molar-refractivity contribution is 5.94. The molecule has 6 nitrogen and oxygen atoms in total. The zero-order valence-corrected chi connectivity index (χ0v) is 12.0. The van der Waals surface area contributed by atoms with E-state index in [1.165, 1.54) is 10.6 Å². The van der Waals surface area contributed by atoms with Crippen LogP contribution in [0.15, 0.2) is 35.4 Å². The Hall–Kier alpha value is -2.37. The zero-order chi connectivity index (χ0) is 14.8. The Morgan fingerprint density at radius 2 is 2.19 bits per heavy atom. The molecule has 3 rings (SSSR count). The summed E-state index contributed by atoms with van der Waals surface area (Å²) < 4.78 is 1.43. The summed E-state index contributed by atoms with van der Waals surface area (Å²) >= 11 is 0. The summed E-state index contributed by atoms with van der Waals surface area (Å²) in [5.41, 5.74) is 1.40. The van der Waals surface area contributed by atoms with E-state index in [0.29, 0.717) is 5.56 Å². The van der Waals surface area contributed by atoms with Crippen LogP contribution in [0.1, 0.15) is 41.4 Å². The molecule has 3 heterocycles. The third kappa shape index (κ3) is 2.61. The van der Waals surface area contributed by atoms with Crippen LogP contribution in [0.25, 0.3) is 0 Å². The molecule has 1 atom stereocenters. The van der Waals surface area contributed by atoms with E-state index in [1.54, 1.807) is 25.5 Å². The molecule has 1 fully saturated rings. The van der Waals surface area contributed by atoms with Gasteiger partial charge in [-0.05, 0) is 31.4 Å². The van der Waals surface area contributed by atoms with Gasteiger partial charge in [0.05, 0.1) is 17.3 Å². The maximum atomic E-state index is 12.7. The van der Waals surface area contributed by atoms with Gasteiger partial charge in [-0.3, -0.25) is 14.7 Å². The van der Waals surface area contributed by atoms with Gasteiger partial charge in [0.15, 0.2) is 0 Å². The third-order valence-corrected chi connectivity index (χ3v) is 3.98. The fraction of sp³-hybridized carbons (Fsp3) is 0.400. The van der Waals surface area contributed by atoms with Gasteiger partial charge in [-0.2, -0.15) is 5.10 Å². The second-order valence-electron chi connectivity index (χ2n) is 5.39. The Morgan fingerprint density at radius 3 is 2.90 bits per heavy atom. The minimum atomic E-state index is -0.115. The van der Waals surface area contributed by atoms with Crippen LogP contribution in [0, 0.1) is 0 Å². The van der Waals surface area contributed by atoms with Crippen LogP contribution >= 0.6 is 0 Å². The van der Waals surface area contributed by atoms with Crippen molar-refractivity contribution in [2.75, 3.05) is 6.54 Å². The van der Waals surface area contributed by atoms with E-state index in [0.717, 1.165) is 31.5 Å². The van der Waals surface area contributed by atoms with Crippen molar-refractivity contribution in [3.8, 4) is 0 Å². The molecule has 0 spiro atoms. The Balaban J connectivity index is 1.90. The van der Waals surface area contributed by atoms with Crippen LogP contribution in [0.3, 0.4) is 0 Å². The highest BCUT2D eigenvalue weighted by Crippen LogP contribution is 2.30. The molecule has 0 unspecified atom stereocenters. The standard InChI is InChI=1S/C15H18N4O2/c1-18-10-11(5-6-14(18)20)15(21)19-9-3-2-4-13(19)12-7-8-16-17-12/h5-8,10,13H,2-4,9H2,1H3,(H,16,17)/t13-/m0/s1. The van der Waals surface area contributed by atoms with Crippen molar-refractivity contribution in [3.05, 3.63) is 52.2 Å². The lowest BCUT2D eigenvalue weighted by molar-refractivity contribution is 0.0605. The first-order valence-electron chi connectivity index (χ1n) is 7.14. The molecule has 0 saturated carbocycles. The number of aryl methyl sites for hydroxylation is 1. The quantitative estimate of drug-likeness (QED) is 0.909. The number of carbonyl (C=O) groups is 1. The summed E-state index contributed by atoms with van der Waals surface area (Å²) in [6, 6.07) is 4.98. The molecule has 6 heteroatoms. The van der Waals surface area contributed by atoms with Crippen LogP contribution in [0.4, 0.5) is 0 Å². The van der Waals surface area contributed by atoms with Gasteiger partial charge in [-0.15, -0.1) is 0 Å². The monoisotopic (exact) mass is 286 g/mol. The molecule has 0 aliphatic carbocycles. The molecule has 21 heavy (non-hydrogen) atoms. The van der Waals surface area contributed by atoms with Gasteiger partial charge in [-0.25, -0.2) is 0 Å².